The van der Waals surface area contributed by atoms with E-state index in [-0.39, 0.29) is 78.2 Å². The number of fused-ring (bicyclic) bond motifs is 5. The number of esters is 3. The number of Topliss-reactive ketones (excluding diaryl/α,β-unsaturated/α-hetero) is 2. The molecular weight excluding hydrogens is 2000 g/mol. The molecule has 41 heteroatoms. The molecule has 0 aliphatic rings. The van der Waals surface area contributed by atoms with Crippen LogP contribution in [0.1, 0.15) is 156 Å². The Balaban J connectivity index is 0.000000170. The van der Waals surface area contributed by atoms with Gasteiger partial charge in [0.05, 0.1) is 112 Å². The van der Waals surface area contributed by atoms with Crippen molar-refractivity contribution in [3.05, 3.63) is 267 Å². The predicted molar refractivity (Wildman–Crippen MR) is 537 cm³/mol. The Bertz CT molecular complexity index is 7870. The van der Waals surface area contributed by atoms with Gasteiger partial charge in [0, 0.05) is 51.7 Å². The van der Waals surface area contributed by atoms with Crippen LogP contribution in [-0.2, 0) is 73.9 Å². The number of anilines is 5. The summed E-state index contributed by atoms with van der Waals surface area (Å²) in [6.07, 6.45) is 0.496. The molecule has 0 unspecified atom stereocenters. The lowest BCUT2D eigenvalue weighted by atomic mass is 10.1. The number of halogens is 1. The molecule has 2 amide bonds. The number of nitrogens with one attached hydrogen (secondary N) is 3. The van der Waals surface area contributed by atoms with Gasteiger partial charge in [-0.05, 0) is 312 Å². The molecule has 748 valence electrons. The molecule has 5 heterocycles. The molecule has 5 aromatic heterocycles. The number of ketones is 2. The maximum Gasteiger partial charge on any atom is 0.342 e. The fourth-order valence-electron chi connectivity index (χ4n) is 14.9. The Labute approximate surface area is 828 Å². The first-order valence-corrected chi connectivity index (χ1v) is 52.0. The maximum atomic E-state index is 13.4. The minimum Gasteiger partial charge on any atom is -0.497 e. The van der Waals surface area contributed by atoms with Gasteiger partial charge >= 0.3 is 17.9 Å². The quantitative estimate of drug-likeness (QED) is 0.0200. The molecular formula is C101H102BrN5O30S5. The average Bonchev–Trinajstić information content (AvgIpc) is 1.43. The van der Waals surface area contributed by atoms with Gasteiger partial charge in [0.1, 0.15) is 102 Å². The Morgan fingerprint density at radius 1 is 0.331 bits per heavy atom. The lowest BCUT2D eigenvalue weighted by molar-refractivity contribution is -0.117. The Morgan fingerprint density at radius 2 is 0.634 bits per heavy atom. The van der Waals surface area contributed by atoms with Gasteiger partial charge in [-0.3, -0.25) is 33.3 Å². The van der Waals surface area contributed by atoms with E-state index < -0.39 is 79.8 Å². The Morgan fingerprint density at radius 3 is 0.979 bits per heavy atom. The second-order valence-corrected chi connectivity index (χ2v) is 40.4. The second-order valence-electron chi connectivity index (χ2n) is 30.9. The smallest absolute Gasteiger partial charge is 0.342 e. The summed E-state index contributed by atoms with van der Waals surface area (Å²) in [5.41, 5.74) is 5.02. The maximum absolute atomic E-state index is 13.4. The Kier molecular flexibility index (Phi) is 34.9. The number of rotatable bonds is 32. The summed E-state index contributed by atoms with van der Waals surface area (Å²) in [6, 6.07) is 51.6. The van der Waals surface area contributed by atoms with Crippen molar-refractivity contribution >= 4 is 191 Å². The topological polar surface area (TPSA) is 472 Å². The van der Waals surface area contributed by atoms with Gasteiger partial charge in [-0.15, -0.1) is 0 Å². The van der Waals surface area contributed by atoms with Crippen LogP contribution >= 0.6 is 15.9 Å². The normalized spacial score (nSPS) is 11.4. The highest BCUT2D eigenvalue weighted by Crippen LogP contribution is 2.40. The molecule has 10 aromatic carbocycles. The van der Waals surface area contributed by atoms with E-state index in [2.05, 4.69) is 30.1 Å². The summed E-state index contributed by atoms with van der Waals surface area (Å²) < 4.78 is 208. The Hall–Kier alpha value is -14.8. The molecule has 142 heavy (non-hydrogen) atoms. The lowest BCUT2D eigenvalue weighted by Gasteiger charge is -2.23. The van der Waals surface area contributed by atoms with E-state index in [9.17, 15) is 75.7 Å². The van der Waals surface area contributed by atoms with Crippen molar-refractivity contribution in [2.24, 2.45) is 0 Å². The molecule has 0 radical (unpaired) electrons. The summed E-state index contributed by atoms with van der Waals surface area (Å²) in [6.45, 7) is 24.9. The van der Waals surface area contributed by atoms with Crippen LogP contribution in [0.4, 0.5) is 28.4 Å². The van der Waals surface area contributed by atoms with E-state index >= 15 is 0 Å². The fourth-order valence-corrected chi connectivity index (χ4v) is 21.5. The highest BCUT2D eigenvalue weighted by molar-refractivity contribution is 9.10. The highest BCUT2D eigenvalue weighted by Gasteiger charge is 2.35. The van der Waals surface area contributed by atoms with E-state index in [4.69, 9.17) is 60.0 Å². The van der Waals surface area contributed by atoms with E-state index in [1.165, 1.54) is 157 Å². The lowest BCUT2D eigenvalue weighted by Crippen LogP contribution is -2.36. The van der Waals surface area contributed by atoms with E-state index in [1.54, 1.807) is 140 Å². The van der Waals surface area contributed by atoms with Crippen molar-refractivity contribution in [1.82, 2.24) is 0 Å². The number of carbonyl (C=O) groups is 7. The number of aryl methyl sites for hydroxylation is 5. The van der Waals surface area contributed by atoms with Crippen molar-refractivity contribution in [2.75, 3.05) is 77.1 Å². The number of hydrogen-bond acceptors (Lipinski definition) is 30. The van der Waals surface area contributed by atoms with Crippen LogP contribution < -0.4 is 46.5 Å². The molecule has 0 aliphatic carbocycles. The van der Waals surface area contributed by atoms with Gasteiger partial charge in [0.25, 0.3) is 50.1 Å². The summed E-state index contributed by atoms with van der Waals surface area (Å²) in [7, 11) is -15.6. The van der Waals surface area contributed by atoms with Crippen LogP contribution in [0.2, 0.25) is 0 Å². The first kappa shape index (κ1) is 108. The first-order chi connectivity index (χ1) is 67.3. The van der Waals surface area contributed by atoms with Crippen molar-refractivity contribution < 1.29 is 136 Å². The third-order valence-electron chi connectivity index (χ3n) is 21.1. The number of sulfonamides is 5. The third kappa shape index (κ3) is 24.6. The zero-order valence-electron chi connectivity index (χ0n) is 80.1. The summed E-state index contributed by atoms with van der Waals surface area (Å²) in [4.78, 5) is 86.0. The predicted octanol–water partition coefficient (Wildman–Crippen LogP) is 20.9. The summed E-state index contributed by atoms with van der Waals surface area (Å²) in [5, 5.41) is 2.35. The van der Waals surface area contributed by atoms with Crippen molar-refractivity contribution in [1.29, 1.82) is 0 Å². The number of ether oxygens (including phenoxy) is 8. The molecule has 0 saturated heterocycles. The van der Waals surface area contributed by atoms with Gasteiger partial charge in [0.2, 0.25) is 11.8 Å². The highest BCUT2D eigenvalue weighted by atomic mass is 79.9. The van der Waals surface area contributed by atoms with Crippen LogP contribution in [0.15, 0.2) is 257 Å². The fraction of sp³-hybridized carbons (Fsp3) is 0.238. The molecule has 0 aliphatic heterocycles. The molecule has 15 rings (SSSR count). The van der Waals surface area contributed by atoms with Crippen LogP contribution in [-0.4, -0.2) is 138 Å². The number of hydrogen-bond donors (Lipinski definition) is 3. The zero-order valence-corrected chi connectivity index (χ0v) is 85.8. The molecule has 3 N–H and O–H groups in total. The van der Waals surface area contributed by atoms with E-state index in [1.807, 2.05) is 20.8 Å². The van der Waals surface area contributed by atoms with Crippen molar-refractivity contribution in [2.45, 2.75) is 134 Å². The average molecular weight is 2110 g/mol. The molecule has 0 saturated carbocycles. The van der Waals surface area contributed by atoms with Crippen LogP contribution in [0, 0.1) is 34.6 Å². The number of furan rings is 5. The number of amides is 2. The van der Waals surface area contributed by atoms with Crippen LogP contribution in [0.3, 0.4) is 0 Å². The number of carbonyl (C=O) groups excluding carboxylic acids is 7. The second kappa shape index (κ2) is 46.1. The van der Waals surface area contributed by atoms with Gasteiger partial charge in [-0.2, -0.15) is 0 Å². The number of methoxy groups -OCH3 is 3. The molecule has 35 nitrogen and oxygen atoms in total. The zero-order chi connectivity index (χ0) is 104. The summed E-state index contributed by atoms with van der Waals surface area (Å²) in [5.74, 6) is 1.59. The molecule has 0 fully saturated rings. The monoisotopic (exact) mass is 2100 g/mol. The van der Waals surface area contributed by atoms with Gasteiger partial charge in [-0.25, -0.2) is 65.1 Å². The SMILES string of the molecule is CCCC(=O)N(c1ccc2oc(C)c(C(=O)OC)c2c1)S(=O)(=O)c1ccc(OC)cc1.CCOC(=O)c1c(C)oc2ccc(N(C(C)=O)S(=O)(=O)c3ccc(OCC)cc3)cc12.CCOC(=O)c1c(C)oc2ccc(NS(=O)(=O)c3ccc(OCC)cc3)cc12.CCOc1ccc(S(=O)(=O)Nc2cc(Br)c3oc(C)c(C(C)=O)c3c2)cc1.COc1ccc(S(=O)(=O)Nc2ccc3oc(C)c(C(C)=O)c3c2)cc1. The van der Waals surface area contributed by atoms with E-state index in [0.29, 0.717) is 181 Å². The first-order valence-electron chi connectivity index (χ1n) is 43.8. The minimum atomic E-state index is -4.22. The number of benzene rings is 10. The van der Waals surface area contributed by atoms with Gasteiger partial charge < -0.3 is 60.0 Å². The van der Waals surface area contributed by atoms with Crippen LogP contribution in [0.25, 0.3) is 54.8 Å². The van der Waals surface area contributed by atoms with Crippen LogP contribution in [0.5, 0.6) is 28.7 Å². The summed E-state index contributed by atoms with van der Waals surface area (Å²) >= 11 is 3.38. The van der Waals surface area contributed by atoms with Gasteiger partial charge in [0.15, 0.2) is 11.6 Å². The van der Waals surface area contributed by atoms with Crippen molar-refractivity contribution in [3.8, 4) is 28.7 Å². The molecule has 0 bridgehead atoms. The largest absolute Gasteiger partial charge is 0.497 e. The molecule has 0 spiro atoms. The molecule has 15 aromatic rings. The molecule has 0 atom stereocenters. The standard InChI is InChI=1S/2C22H23NO7S.C20H21NO6S.C19H18BrNO5S.C18H17NO5S/c1-5-6-20(24)23(31(26,27)17-10-8-16(28-3)9-11-17)15-7-12-19-18(13-15)21(14(2)30-19)22(25)29-4;1-5-28-17-8-10-18(11-9-17)31(26,27)23(15(4)24)16-7-12-20-19(13-16)21(14(3)30-20)22(25)29-6-2;1-4-25-15-7-9-16(10-8-15)28(23,24)21-14-6-11-18-17(12-14)19(13(3)27-18)20(22)26-5-2;1-4-25-14-5-7-15(8-6-14)27(23,24)21-13-9-16-18(11(2)22)12(3)26-19(16)17(20)10-13;1-11(20)18-12(2)24-17-9-4-13(10-16(17)18)19-25(21,22)15-7-5-14(23-3)6-8-15/h2*7-13H,5-6H2,1-4H3;6-12,21H,4-5H2,1-3H3;5-10,21H,4H2,1-3H3;4-10,19H,1-3H3. The minimum absolute atomic E-state index is 0.0295. The van der Waals surface area contributed by atoms with Crippen molar-refractivity contribution in [3.63, 3.8) is 0 Å². The van der Waals surface area contributed by atoms with Gasteiger partial charge in [-0.1, -0.05) is 6.92 Å². The van der Waals surface area contributed by atoms with E-state index in [0.717, 1.165) is 11.2 Å². The third-order valence-corrected chi connectivity index (χ3v) is 29.5. The number of nitrogens with zero attached hydrogens (tertiary/aromatic N) is 2.